The Bertz CT molecular complexity index is 1370. The van der Waals surface area contributed by atoms with Crippen molar-refractivity contribution in [2.45, 2.75) is 43.8 Å². The predicted molar refractivity (Wildman–Crippen MR) is 117 cm³/mol. The minimum Gasteiger partial charge on any atom is -0.476 e. The Morgan fingerprint density at radius 2 is 1.94 bits per heavy atom. The van der Waals surface area contributed by atoms with Gasteiger partial charge >= 0.3 is 11.7 Å². The van der Waals surface area contributed by atoms with Crippen LogP contribution in [0.25, 0.3) is 0 Å². The lowest BCUT2D eigenvalue weighted by Crippen LogP contribution is -2.40. The predicted octanol–water partition coefficient (Wildman–Crippen LogP) is 2.72. The Morgan fingerprint density at radius 3 is 2.56 bits per heavy atom. The standard InChI is InChI=1S/C22H22FN3O7S/c1-22(2,3)33-19(27)11-13-4-9-17-16(10-13)26(12-18(31-17)20-24-25-21(28)32-20)34(29,30)15-7-5-14(23)6-8-15/h4-10,18H,11-12H2,1-3H3,(H,25,28)/t18-/m1/s1. The molecule has 0 aliphatic carbocycles. The summed E-state index contributed by atoms with van der Waals surface area (Å²) in [6, 6.07) is 9.00. The maximum Gasteiger partial charge on any atom is 0.434 e. The molecule has 12 heteroatoms. The van der Waals surface area contributed by atoms with Crippen LogP contribution < -0.4 is 14.8 Å². The quantitative estimate of drug-likeness (QED) is 0.539. The Hall–Kier alpha value is -3.67. The Balaban J connectivity index is 1.75. The van der Waals surface area contributed by atoms with E-state index in [2.05, 4.69) is 10.2 Å². The number of nitrogens with one attached hydrogen (secondary N) is 1. The van der Waals surface area contributed by atoms with Crippen molar-refractivity contribution in [3.05, 3.63) is 70.3 Å². The van der Waals surface area contributed by atoms with E-state index >= 15 is 0 Å². The number of carbonyl (C=O) groups is 1. The highest BCUT2D eigenvalue weighted by Crippen LogP contribution is 2.41. The summed E-state index contributed by atoms with van der Waals surface area (Å²) in [6.07, 6.45) is -1.12. The topological polar surface area (TPSA) is 132 Å². The maximum absolute atomic E-state index is 13.5. The van der Waals surface area contributed by atoms with Crippen LogP contribution in [0, 0.1) is 5.82 Å². The van der Waals surface area contributed by atoms with Gasteiger partial charge in [-0.2, -0.15) is 0 Å². The minimum absolute atomic E-state index is 0.0906. The van der Waals surface area contributed by atoms with Crippen molar-refractivity contribution in [3.63, 3.8) is 0 Å². The Labute approximate surface area is 194 Å². The number of ether oxygens (including phenoxy) is 2. The molecule has 1 aliphatic heterocycles. The minimum atomic E-state index is -4.19. The van der Waals surface area contributed by atoms with Gasteiger partial charge in [0.25, 0.3) is 15.9 Å². The highest BCUT2D eigenvalue weighted by Gasteiger charge is 2.37. The fourth-order valence-electron chi connectivity index (χ4n) is 3.42. The van der Waals surface area contributed by atoms with E-state index in [1.165, 1.54) is 12.1 Å². The number of nitrogens with zero attached hydrogens (tertiary/aromatic N) is 2. The molecule has 10 nitrogen and oxygen atoms in total. The molecule has 0 radical (unpaired) electrons. The van der Waals surface area contributed by atoms with Gasteiger partial charge in [0.15, 0.2) is 6.10 Å². The first kappa shape index (κ1) is 23.5. The number of hydrogen-bond donors (Lipinski definition) is 1. The molecule has 0 unspecified atom stereocenters. The van der Waals surface area contributed by atoms with Crippen LogP contribution in [0.5, 0.6) is 5.75 Å². The summed E-state index contributed by atoms with van der Waals surface area (Å²) in [7, 11) is -4.19. The fraction of sp³-hybridized carbons (Fsp3) is 0.318. The zero-order valence-corrected chi connectivity index (χ0v) is 19.4. The normalized spacial score (nSPS) is 16.0. The van der Waals surface area contributed by atoms with Gasteiger partial charge in [0.2, 0.25) is 0 Å². The first-order valence-corrected chi connectivity index (χ1v) is 11.7. The van der Waals surface area contributed by atoms with Crippen molar-refractivity contribution in [3.8, 4) is 5.75 Å². The third kappa shape index (κ3) is 4.96. The van der Waals surface area contributed by atoms with Gasteiger partial charge in [0.05, 0.1) is 23.5 Å². The molecule has 0 bridgehead atoms. The Morgan fingerprint density at radius 1 is 1.24 bits per heavy atom. The van der Waals surface area contributed by atoms with E-state index in [1.807, 2.05) is 0 Å². The van der Waals surface area contributed by atoms with Gasteiger partial charge in [-0.1, -0.05) is 6.07 Å². The molecule has 0 saturated heterocycles. The van der Waals surface area contributed by atoms with Crippen molar-refractivity contribution in [1.29, 1.82) is 0 Å². The first-order valence-electron chi connectivity index (χ1n) is 10.3. The van der Waals surface area contributed by atoms with Crippen molar-refractivity contribution < 1.29 is 31.5 Å². The molecule has 0 saturated carbocycles. The number of benzene rings is 2. The number of carbonyl (C=O) groups excluding carboxylic acids is 1. The smallest absolute Gasteiger partial charge is 0.434 e. The summed E-state index contributed by atoms with van der Waals surface area (Å²) in [6.45, 7) is 4.96. The van der Waals surface area contributed by atoms with E-state index < -0.39 is 39.3 Å². The highest BCUT2D eigenvalue weighted by atomic mass is 32.2. The van der Waals surface area contributed by atoms with Crippen LogP contribution in [0.1, 0.15) is 38.3 Å². The van der Waals surface area contributed by atoms with Crippen LogP contribution in [0.2, 0.25) is 0 Å². The summed E-state index contributed by atoms with van der Waals surface area (Å²) in [4.78, 5) is 23.5. The lowest BCUT2D eigenvalue weighted by molar-refractivity contribution is -0.153. The molecule has 2 aromatic carbocycles. The van der Waals surface area contributed by atoms with Gasteiger partial charge in [-0.25, -0.2) is 22.7 Å². The Kier molecular flexibility index (Phi) is 5.94. The second kappa shape index (κ2) is 8.60. The van der Waals surface area contributed by atoms with E-state index in [9.17, 15) is 22.4 Å². The molecule has 1 atom stereocenters. The van der Waals surface area contributed by atoms with Crippen LogP contribution in [0.3, 0.4) is 0 Å². The van der Waals surface area contributed by atoms with Crippen molar-refractivity contribution in [2.75, 3.05) is 10.8 Å². The largest absolute Gasteiger partial charge is 0.476 e. The molecule has 2 heterocycles. The number of esters is 1. The number of fused-ring (bicyclic) bond motifs is 1. The molecule has 0 spiro atoms. The van der Waals surface area contributed by atoms with Crippen LogP contribution in [-0.4, -0.2) is 36.7 Å². The monoisotopic (exact) mass is 491 g/mol. The molecule has 3 aromatic rings. The van der Waals surface area contributed by atoms with Crippen LogP contribution in [0.4, 0.5) is 10.1 Å². The van der Waals surface area contributed by atoms with Gasteiger partial charge < -0.3 is 13.9 Å². The fourth-order valence-corrected chi connectivity index (χ4v) is 4.89. The van der Waals surface area contributed by atoms with Crippen LogP contribution >= 0.6 is 0 Å². The average Bonchev–Trinajstić information content (AvgIpc) is 3.18. The molecular formula is C22H22FN3O7S. The number of H-pyrrole nitrogens is 1. The molecule has 0 fully saturated rings. The van der Waals surface area contributed by atoms with Crippen molar-refractivity contribution in [1.82, 2.24) is 10.2 Å². The lowest BCUT2D eigenvalue weighted by Gasteiger charge is -2.34. The number of hydrogen-bond acceptors (Lipinski definition) is 8. The second-order valence-electron chi connectivity index (χ2n) is 8.61. The van der Waals surface area contributed by atoms with E-state index in [1.54, 1.807) is 26.8 Å². The molecular weight excluding hydrogens is 469 g/mol. The first-order chi connectivity index (χ1) is 15.9. The van der Waals surface area contributed by atoms with Crippen molar-refractivity contribution >= 4 is 21.7 Å². The number of rotatable bonds is 5. The third-order valence-electron chi connectivity index (χ3n) is 4.79. The summed E-state index contributed by atoms with van der Waals surface area (Å²) in [5.41, 5.74) is -0.00673. The van der Waals surface area contributed by atoms with Gasteiger partial charge in [0, 0.05) is 0 Å². The SMILES string of the molecule is CC(C)(C)OC(=O)Cc1ccc2c(c1)N(S(=O)(=O)c1ccc(F)cc1)C[C@H](c1n[nH]c(=O)o1)O2. The zero-order chi connectivity index (χ0) is 24.7. The molecule has 0 amide bonds. The number of aromatic amines is 1. The lowest BCUT2D eigenvalue weighted by atomic mass is 10.1. The maximum atomic E-state index is 13.5. The average molecular weight is 491 g/mol. The number of aromatic nitrogens is 2. The summed E-state index contributed by atoms with van der Waals surface area (Å²) in [5, 5.41) is 5.86. The van der Waals surface area contributed by atoms with Gasteiger partial charge in [-0.15, -0.1) is 5.10 Å². The van der Waals surface area contributed by atoms with E-state index in [-0.39, 0.29) is 35.2 Å². The van der Waals surface area contributed by atoms with E-state index in [0.717, 1.165) is 28.6 Å². The van der Waals surface area contributed by atoms with Gasteiger partial charge in [0.1, 0.15) is 17.2 Å². The number of halogens is 1. The van der Waals surface area contributed by atoms with Crippen LogP contribution in [-0.2, 0) is 26.0 Å². The zero-order valence-electron chi connectivity index (χ0n) is 18.6. The second-order valence-corrected chi connectivity index (χ2v) is 10.5. The van der Waals surface area contributed by atoms with Crippen molar-refractivity contribution in [2.24, 2.45) is 0 Å². The van der Waals surface area contributed by atoms with E-state index in [0.29, 0.717) is 5.56 Å². The van der Waals surface area contributed by atoms with Crippen LogP contribution in [0.15, 0.2) is 56.6 Å². The highest BCUT2D eigenvalue weighted by molar-refractivity contribution is 7.92. The van der Waals surface area contributed by atoms with Gasteiger partial charge in [-0.3, -0.25) is 9.10 Å². The number of anilines is 1. The summed E-state index contributed by atoms with van der Waals surface area (Å²) < 4.78 is 57.6. The molecule has 34 heavy (non-hydrogen) atoms. The molecule has 1 N–H and O–H groups in total. The summed E-state index contributed by atoms with van der Waals surface area (Å²) >= 11 is 0. The molecule has 4 rings (SSSR count). The van der Waals surface area contributed by atoms with E-state index in [4.69, 9.17) is 13.9 Å². The number of sulfonamides is 1. The molecule has 1 aromatic heterocycles. The summed E-state index contributed by atoms with van der Waals surface area (Å²) in [5.74, 6) is -1.84. The third-order valence-corrected chi connectivity index (χ3v) is 6.59. The molecule has 180 valence electrons. The molecule has 1 aliphatic rings. The van der Waals surface area contributed by atoms with Gasteiger partial charge in [-0.05, 0) is 62.7 Å².